The molecule has 2 aromatic rings. The molecular weight excluding hydrogens is 456 g/mol. The van der Waals surface area contributed by atoms with Crippen LogP contribution in [0.1, 0.15) is 11.1 Å². The molecule has 11 heteroatoms. The van der Waals surface area contributed by atoms with E-state index in [-0.39, 0.29) is 21.3 Å². The van der Waals surface area contributed by atoms with E-state index in [0.29, 0.717) is 0 Å². The zero-order chi connectivity index (χ0) is 21.2. The van der Waals surface area contributed by atoms with E-state index in [4.69, 9.17) is 8.37 Å². The van der Waals surface area contributed by atoms with Gasteiger partial charge in [-0.05, 0) is 38.1 Å². The minimum atomic E-state index is -4.18. The zero-order valence-electron chi connectivity index (χ0n) is 15.7. The van der Waals surface area contributed by atoms with Gasteiger partial charge in [-0.1, -0.05) is 46.2 Å². The van der Waals surface area contributed by atoms with Crippen molar-refractivity contribution < 1.29 is 29.4 Å². The molecule has 0 N–H and O–H groups in total. The quantitative estimate of drug-likeness (QED) is 0.463. The second-order valence-corrected chi connectivity index (χ2v) is 13.0. The van der Waals surface area contributed by atoms with Crippen LogP contribution in [0, 0.1) is 13.8 Å². The maximum atomic E-state index is 12.6. The Kier molecular flexibility index (Phi) is 6.86. The largest absolute Gasteiger partial charge is 0.297 e. The molecule has 0 amide bonds. The lowest BCUT2D eigenvalue weighted by molar-refractivity contribution is 0.0919. The van der Waals surface area contributed by atoms with Crippen LogP contribution in [0.25, 0.3) is 0 Å². The molecule has 0 aliphatic carbocycles. The topological polar surface area (TPSA) is 104 Å². The van der Waals surface area contributed by atoms with Crippen LogP contribution in [0.2, 0.25) is 0 Å². The summed E-state index contributed by atoms with van der Waals surface area (Å²) in [6.07, 6.45) is -2.28. The summed E-state index contributed by atoms with van der Waals surface area (Å²) in [6, 6.07) is 12.2. The summed E-state index contributed by atoms with van der Waals surface area (Å²) in [6.45, 7) is 3.64. The van der Waals surface area contributed by atoms with Gasteiger partial charge in [-0.25, -0.2) is 4.21 Å². The molecule has 3 atom stereocenters. The first-order chi connectivity index (χ1) is 13.6. The lowest BCUT2D eigenvalue weighted by atomic mass is 10.2. The summed E-state index contributed by atoms with van der Waals surface area (Å²) in [5.74, 6) is -0.143. The number of benzene rings is 2. The van der Waals surface area contributed by atoms with Crippen LogP contribution in [0.5, 0.6) is 0 Å². The van der Waals surface area contributed by atoms with E-state index in [1.165, 1.54) is 24.3 Å². The number of rotatable bonds is 6. The zero-order valence-corrected chi connectivity index (χ0v) is 18.9. The van der Waals surface area contributed by atoms with Gasteiger partial charge in [-0.2, -0.15) is 16.8 Å². The Labute approximate surface area is 176 Å². The van der Waals surface area contributed by atoms with Gasteiger partial charge < -0.3 is 0 Å². The number of aryl methyl sites for hydroxylation is 2. The Balaban J connectivity index is 1.82. The Morgan fingerprint density at radius 1 is 0.793 bits per heavy atom. The molecule has 0 aromatic heterocycles. The molecule has 0 bridgehead atoms. The van der Waals surface area contributed by atoms with Gasteiger partial charge in [0.2, 0.25) is 0 Å². The highest BCUT2D eigenvalue weighted by Crippen LogP contribution is 2.29. The van der Waals surface area contributed by atoms with E-state index in [9.17, 15) is 21.0 Å². The van der Waals surface area contributed by atoms with Crippen molar-refractivity contribution in [3.63, 3.8) is 0 Å². The Morgan fingerprint density at radius 3 is 1.66 bits per heavy atom. The summed E-state index contributed by atoms with van der Waals surface area (Å²) in [5.41, 5.74) is 1.77. The third-order valence-corrected chi connectivity index (χ3v) is 9.83. The molecule has 7 nitrogen and oxygen atoms in total. The minimum Gasteiger partial charge on any atom is -0.259 e. The number of hydrogen-bond acceptors (Lipinski definition) is 8. The molecule has 0 spiro atoms. The van der Waals surface area contributed by atoms with Crippen molar-refractivity contribution in [3.8, 4) is 0 Å². The molecule has 1 aliphatic heterocycles. The third-order valence-electron chi connectivity index (χ3n) is 4.20. The van der Waals surface area contributed by atoms with Crippen molar-refractivity contribution in [1.82, 2.24) is 0 Å². The lowest BCUT2D eigenvalue weighted by Crippen LogP contribution is -2.43. The highest BCUT2D eigenvalue weighted by Gasteiger charge is 2.38. The maximum Gasteiger partial charge on any atom is 0.297 e. The molecule has 1 heterocycles. The highest BCUT2D eigenvalue weighted by molar-refractivity contribution is 8.69. The predicted molar refractivity (Wildman–Crippen MR) is 112 cm³/mol. The normalized spacial score (nSPS) is 23.0. The summed E-state index contributed by atoms with van der Waals surface area (Å²) < 4.78 is 72.9. The lowest BCUT2D eigenvalue weighted by Gasteiger charge is -2.29. The first-order valence-electron chi connectivity index (χ1n) is 8.58. The van der Waals surface area contributed by atoms with Crippen molar-refractivity contribution in [1.29, 1.82) is 0 Å². The summed E-state index contributed by atoms with van der Waals surface area (Å²) in [7, 11) is -8.73. The average molecular weight is 477 g/mol. The molecule has 1 saturated heterocycles. The molecule has 0 unspecified atom stereocenters. The van der Waals surface area contributed by atoms with Crippen molar-refractivity contribution in [3.05, 3.63) is 59.7 Å². The molecule has 0 radical (unpaired) electrons. The van der Waals surface area contributed by atoms with Crippen LogP contribution < -0.4 is 0 Å². The smallest absolute Gasteiger partial charge is 0.259 e. The van der Waals surface area contributed by atoms with Crippen molar-refractivity contribution >= 4 is 40.9 Å². The van der Waals surface area contributed by atoms with E-state index in [1.54, 1.807) is 24.3 Å². The van der Waals surface area contributed by atoms with Crippen LogP contribution in [-0.2, 0) is 38.4 Å². The van der Waals surface area contributed by atoms with Crippen LogP contribution in [-0.4, -0.2) is 44.8 Å². The molecule has 158 valence electrons. The fourth-order valence-corrected chi connectivity index (χ4v) is 7.70. The predicted octanol–water partition coefficient (Wildman–Crippen LogP) is 2.56. The monoisotopic (exact) mass is 476 g/mol. The fraction of sp³-hybridized carbons (Fsp3) is 0.333. The van der Waals surface area contributed by atoms with Gasteiger partial charge in [0.05, 0.1) is 25.4 Å². The average Bonchev–Trinajstić information content (AvgIpc) is 2.64. The summed E-state index contributed by atoms with van der Waals surface area (Å²) in [4.78, 5) is -0.104. The third kappa shape index (κ3) is 5.68. The Bertz CT molecular complexity index is 1090. The molecule has 0 saturated carbocycles. The molecule has 1 aliphatic rings. The van der Waals surface area contributed by atoms with E-state index in [1.807, 2.05) is 13.8 Å². The van der Waals surface area contributed by atoms with Crippen LogP contribution >= 0.6 is 10.8 Å². The Morgan fingerprint density at radius 2 is 1.21 bits per heavy atom. The maximum absolute atomic E-state index is 12.6. The van der Waals surface area contributed by atoms with E-state index in [0.717, 1.165) is 21.9 Å². The van der Waals surface area contributed by atoms with Crippen molar-refractivity contribution in [2.75, 3.05) is 11.5 Å². The van der Waals surface area contributed by atoms with E-state index < -0.39 is 42.3 Å². The van der Waals surface area contributed by atoms with Crippen LogP contribution in [0.15, 0.2) is 58.3 Å². The second-order valence-electron chi connectivity index (χ2n) is 6.56. The standard InChI is InChI=1S/C18H20O7S4/c1-13-3-7-15(8-4-13)28(20,21)24-17-11-26-27(19)12-18(17)25-29(22,23)16-9-5-14(2)6-10-16/h3-10,17-18H,11-12H2,1-2H3/t17-,18-,27-/m0/s1. The van der Waals surface area contributed by atoms with Gasteiger partial charge in [0.1, 0.15) is 12.2 Å². The first kappa shape index (κ1) is 22.4. The van der Waals surface area contributed by atoms with Crippen molar-refractivity contribution in [2.24, 2.45) is 0 Å². The van der Waals surface area contributed by atoms with Gasteiger partial charge >= 0.3 is 0 Å². The SMILES string of the molecule is Cc1ccc(S(=O)(=O)O[C@H]2CS[S@](=O)C[C@@H]2OS(=O)(=O)c2ccc(C)cc2)cc1. The van der Waals surface area contributed by atoms with Gasteiger partial charge in [0.25, 0.3) is 20.2 Å². The van der Waals surface area contributed by atoms with Gasteiger partial charge in [0, 0.05) is 5.75 Å². The highest BCUT2D eigenvalue weighted by atomic mass is 33.1. The molecule has 29 heavy (non-hydrogen) atoms. The minimum absolute atomic E-state index is 0.0196. The van der Waals surface area contributed by atoms with Gasteiger partial charge in [0.15, 0.2) is 0 Å². The van der Waals surface area contributed by atoms with Crippen LogP contribution in [0.4, 0.5) is 0 Å². The van der Waals surface area contributed by atoms with Crippen molar-refractivity contribution in [2.45, 2.75) is 35.8 Å². The molecule has 1 fully saturated rings. The molecular formula is C18H20O7S4. The van der Waals surface area contributed by atoms with Crippen LogP contribution in [0.3, 0.4) is 0 Å². The first-order valence-corrected chi connectivity index (χ1v) is 14.2. The van der Waals surface area contributed by atoms with E-state index in [2.05, 4.69) is 0 Å². The number of hydrogen-bond donors (Lipinski definition) is 0. The van der Waals surface area contributed by atoms with Gasteiger partial charge in [-0.3, -0.25) is 8.37 Å². The molecule has 2 aromatic carbocycles. The second kappa shape index (κ2) is 8.86. The fourth-order valence-electron chi connectivity index (χ4n) is 2.57. The summed E-state index contributed by atoms with van der Waals surface area (Å²) >= 11 is 0. The van der Waals surface area contributed by atoms with Gasteiger partial charge in [-0.15, -0.1) is 0 Å². The molecule has 3 rings (SSSR count). The van der Waals surface area contributed by atoms with E-state index >= 15 is 0 Å². The summed E-state index contributed by atoms with van der Waals surface area (Å²) in [5, 5.41) is 0. The Hall–Kier alpha value is -1.24.